The first-order chi connectivity index (χ1) is 7.59. The van der Waals surface area contributed by atoms with Crippen LogP contribution in [0.15, 0.2) is 17.4 Å². The van der Waals surface area contributed by atoms with Gasteiger partial charge in [-0.15, -0.1) is 5.10 Å². The summed E-state index contributed by atoms with van der Waals surface area (Å²) >= 11 is 10.5. The number of rotatable bonds is 2. The quantitative estimate of drug-likeness (QED) is 0.712. The Morgan fingerprint density at radius 3 is 2.94 bits per heavy atom. The fourth-order valence-electron chi connectivity index (χ4n) is 1.01. The maximum atomic E-state index is 11.2. The van der Waals surface area contributed by atoms with Crippen molar-refractivity contribution in [2.75, 3.05) is 0 Å². The van der Waals surface area contributed by atoms with Crippen molar-refractivity contribution in [2.24, 2.45) is 5.73 Å². The number of aromatic amines is 1. The van der Waals surface area contributed by atoms with Crippen molar-refractivity contribution in [1.29, 1.82) is 0 Å². The lowest BCUT2D eigenvalue weighted by Crippen LogP contribution is -2.14. The van der Waals surface area contributed by atoms with Crippen LogP contribution in [0.3, 0.4) is 0 Å². The van der Waals surface area contributed by atoms with E-state index in [0.29, 0.717) is 0 Å². The molecule has 2 rings (SSSR count). The van der Waals surface area contributed by atoms with E-state index >= 15 is 0 Å². The molecule has 16 heavy (non-hydrogen) atoms. The van der Waals surface area contributed by atoms with Crippen molar-refractivity contribution in [1.82, 2.24) is 24.7 Å². The average molecular weight is 257 g/mol. The molecule has 3 N–H and O–H groups in total. The third kappa shape index (κ3) is 1.79. The summed E-state index contributed by atoms with van der Waals surface area (Å²) in [5.41, 5.74) is 4.89. The minimum atomic E-state index is -0.459. The van der Waals surface area contributed by atoms with Gasteiger partial charge in [-0.05, 0) is 0 Å². The van der Waals surface area contributed by atoms with Crippen molar-refractivity contribution in [3.05, 3.63) is 33.9 Å². The molecule has 0 saturated heterocycles. The Hall–Kier alpha value is -1.80. The Morgan fingerprint density at radius 1 is 1.56 bits per heavy atom. The molecular formula is C7H5ClN6OS. The van der Waals surface area contributed by atoms with Crippen molar-refractivity contribution < 1.29 is 0 Å². The first-order valence-electron chi connectivity index (χ1n) is 4.04. The fourth-order valence-corrected chi connectivity index (χ4v) is 1.29. The normalized spacial score (nSPS) is 10.3. The Bertz CT molecular complexity index is 605. The summed E-state index contributed by atoms with van der Waals surface area (Å²) in [6, 6.07) is 0. The molecule has 0 spiro atoms. The number of H-pyrrole nitrogens is 1. The topological polar surface area (TPSA) is 102 Å². The molecule has 0 bridgehead atoms. The summed E-state index contributed by atoms with van der Waals surface area (Å²) in [6.07, 6.45) is 2.54. The van der Waals surface area contributed by atoms with Crippen molar-refractivity contribution in [2.45, 2.75) is 0 Å². The first kappa shape index (κ1) is 10.7. The molecule has 0 aliphatic carbocycles. The van der Waals surface area contributed by atoms with Gasteiger partial charge in [0.15, 0.2) is 10.8 Å². The standard InChI is InChI=1S/C7H5ClN6OS/c8-3-6(10-1-11-7(3)15)14-2-12-5(13-14)4(9)16/h1-2H,(H2,9,16)(H,10,11,15). The van der Waals surface area contributed by atoms with E-state index in [9.17, 15) is 4.79 Å². The molecule has 0 saturated carbocycles. The number of nitrogens with two attached hydrogens (primary N) is 1. The van der Waals surface area contributed by atoms with Gasteiger partial charge in [0, 0.05) is 0 Å². The molecule has 0 radical (unpaired) electrons. The molecule has 0 aliphatic rings. The smallest absolute Gasteiger partial charge is 0.271 e. The van der Waals surface area contributed by atoms with Crippen LogP contribution in [-0.2, 0) is 0 Å². The summed E-state index contributed by atoms with van der Waals surface area (Å²) < 4.78 is 1.23. The summed E-state index contributed by atoms with van der Waals surface area (Å²) in [4.78, 5) is 21.3. The molecule has 0 aliphatic heterocycles. The summed E-state index contributed by atoms with van der Waals surface area (Å²) in [5, 5.41) is 3.84. The zero-order valence-electron chi connectivity index (χ0n) is 7.72. The molecule has 82 valence electrons. The summed E-state index contributed by atoms with van der Waals surface area (Å²) in [6.45, 7) is 0. The van der Waals surface area contributed by atoms with E-state index in [4.69, 9.17) is 29.6 Å². The zero-order valence-corrected chi connectivity index (χ0v) is 9.29. The largest absolute Gasteiger partial charge is 0.387 e. The number of hydrogen-bond acceptors (Lipinski definition) is 5. The number of hydrogen-bond donors (Lipinski definition) is 2. The third-order valence-corrected chi connectivity index (χ3v) is 2.23. The first-order valence-corrected chi connectivity index (χ1v) is 4.83. The zero-order chi connectivity index (χ0) is 11.7. The molecule has 2 aromatic heterocycles. The van der Waals surface area contributed by atoms with Gasteiger partial charge < -0.3 is 10.7 Å². The van der Waals surface area contributed by atoms with E-state index in [0.717, 1.165) is 0 Å². The van der Waals surface area contributed by atoms with Crippen LogP contribution >= 0.6 is 23.8 Å². The maximum Gasteiger partial charge on any atom is 0.271 e. The molecule has 0 fully saturated rings. The highest BCUT2D eigenvalue weighted by molar-refractivity contribution is 7.80. The van der Waals surface area contributed by atoms with Crippen LogP contribution in [0.5, 0.6) is 0 Å². The van der Waals surface area contributed by atoms with Gasteiger partial charge in [-0.2, -0.15) is 0 Å². The van der Waals surface area contributed by atoms with Gasteiger partial charge in [-0.3, -0.25) is 4.79 Å². The van der Waals surface area contributed by atoms with Crippen molar-refractivity contribution in [3.63, 3.8) is 0 Å². The van der Waals surface area contributed by atoms with Gasteiger partial charge in [0.05, 0.1) is 6.33 Å². The SMILES string of the molecule is NC(=S)c1ncn(-c2nc[nH]c(=O)c2Cl)n1. The van der Waals surface area contributed by atoms with E-state index in [1.807, 2.05) is 0 Å². The number of thiocarbonyl (C=S) groups is 1. The van der Waals surface area contributed by atoms with Crippen LogP contribution in [0.1, 0.15) is 5.82 Å². The summed E-state index contributed by atoms with van der Waals surface area (Å²) in [5.74, 6) is 0.355. The van der Waals surface area contributed by atoms with Crippen LogP contribution in [-0.4, -0.2) is 29.7 Å². The molecular weight excluding hydrogens is 252 g/mol. The Balaban J connectivity index is 2.55. The molecule has 0 aromatic carbocycles. The van der Waals surface area contributed by atoms with Gasteiger partial charge in [0.2, 0.25) is 5.82 Å². The summed E-state index contributed by atoms with van der Waals surface area (Å²) in [7, 11) is 0. The number of halogens is 1. The second-order valence-corrected chi connectivity index (χ2v) is 3.56. The Morgan fingerprint density at radius 2 is 2.31 bits per heavy atom. The Kier molecular flexibility index (Phi) is 2.67. The lowest BCUT2D eigenvalue weighted by molar-refractivity contribution is 0.831. The van der Waals surface area contributed by atoms with E-state index < -0.39 is 5.56 Å². The van der Waals surface area contributed by atoms with Gasteiger partial charge in [-0.25, -0.2) is 14.6 Å². The van der Waals surface area contributed by atoms with Crippen LogP contribution in [0, 0.1) is 0 Å². The molecule has 0 amide bonds. The maximum absolute atomic E-state index is 11.2. The number of nitrogens with one attached hydrogen (secondary N) is 1. The highest BCUT2D eigenvalue weighted by atomic mass is 35.5. The lowest BCUT2D eigenvalue weighted by atomic mass is 10.6. The minimum Gasteiger partial charge on any atom is -0.387 e. The molecule has 2 heterocycles. The molecule has 7 nitrogen and oxygen atoms in total. The van der Waals surface area contributed by atoms with Gasteiger partial charge in [0.1, 0.15) is 11.3 Å². The van der Waals surface area contributed by atoms with E-state index in [-0.39, 0.29) is 21.7 Å². The highest BCUT2D eigenvalue weighted by Gasteiger charge is 2.11. The van der Waals surface area contributed by atoms with Gasteiger partial charge in [0.25, 0.3) is 5.56 Å². The van der Waals surface area contributed by atoms with Crippen LogP contribution < -0.4 is 11.3 Å². The fraction of sp³-hybridized carbons (Fsp3) is 0. The minimum absolute atomic E-state index is 0.0553. The van der Waals surface area contributed by atoms with Crippen molar-refractivity contribution >= 4 is 28.8 Å². The van der Waals surface area contributed by atoms with E-state index in [1.165, 1.54) is 17.3 Å². The predicted octanol–water partition coefficient (Wildman–Crippen LogP) is -0.362. The van der Waals surface area contributed by atoms with Crippen LogP contribution in [0.4, 0.5) is 0 Å². The molecule has 0 unspecified atom stereocenters. The van der Waals surface area contributed by atoms with Crippen molar-refractivity contribution in [3.8, 4) is 5.82 Å². The van der Waals surface area contributed by atoms with Crippen LogP contribution in [0.25, 0.3) is 5.82 Å². The predicted molar refractivity (Wildman–Crippen MR) is 60.7 cm³/mol. The highest BCUT2D eigenvalue weighted by Crippen LogP contribution is 2.10. The van der Waals surface area contributed by atoms with Gasteiger partial charge >= 0.3 is 0 Å². The lowest BCUT2D eigenvalue weighted by Gasteiger charge is -1.99. The second-order valence-electron chi connectivity index (χ2n) is 2.75. The molecule has 2 aromatic rings. The third-order valence-electron chi connectivity index (χ3n) is 1.71. The monoisotopic (exact) mass is 256 g/mol. The van der Waals surface area contributed by atoms with E-state index in [1.54, 1.807) is 0 Å². The molecule has 9 heteroatoms. The average Bonchev–Trinajstić information content (AvgIpc) is 2.71. The van der Waals surface area contributed by atoms with E-state index in [2.05, 4.69) is 20.1 Å². The Labute approximate surface area is 99.3 Å². The number of nitrogens with zero attached hydrogens (tertiary/aromatic N) is 4. The van der Waals surface area contributed by atoms with Crippen LogP contribution in [0.2, 0.25) is 5.02 Å². The second kappa shape index (κ2) is 3.99. The molecule has 0 atom stereocenters. The number of aromatic nitrogens is 5. The van der Waals surface area contributed by atoms with Gasteiger partial charge in [-0.1, -0.05) is 23.8 Å².